The van der Waals surface area contributed by atoms with Crippen LogP contribution in [0.3, 0.4) is 0 Å². The molecule has 0 aliphatic heterocycles. The van der Waals surface area contributed by atoms with Gasteiger partial charge in [0.15, 0.2) is 0 Å². The predicted molar refractivity (Wildman–Crippen MR) is 68.3 cm³/mol. The van der Waals surface area contributed by atoms with Gasteiger partial charge in [-0.05, 0) is 41.7 Å². The van der Waals surface area contributed by atoms with E-state index in [-0.39, 0.29) is 0 Å². The van der Waals surface area contributed by atoms with Gasteiger partial charge in [0.05, 0.1) is 5.56 Å². The highest BCUT2D eigenvalue weighted by atomic mass is 14.8. The van der Waals surface area contributed by atoms with Crippen LogP contribution in [0.15, 0.2) is 6.20 Å². The fraction of sp³-hybridized carbons (Fsp3) is 0.571. The number of nitrogen functional groups attached to an aromatic ring is 1. The number of anilines is 1. The Morgan fingerprint density at radius 2 is 2.18 bits per heavy atom. The Bertz CT molecular complexity index is 477. The molecule has 1 aromatic heterocycles. The fourth-order valence-corrected chi connectivity index (χ4v) is 2.62. The molecule has 17 heavy (non-hydrogen) atoms. The molecule has 1 unspecified atom stereocenters. The van der Waals surface area contributed by atoms with Crippen molar-refractivity contribution in [2.75, 3.05) is 5.73 Å². The monoisotopic (exact) mass is 229 g/mol. The molecular formula is C14H19N3. The van der Waals surface area contributed by atoms with Gasteiger partial charge >= 0.3 is 0 Å². The number of nitriles is 1. The molecule has 3 heteroatoms. The fourth-order valence-electron chi connectivity index (χ4n) is 2.62. The van der Waals surface area contributed by atoms with Crippen LogP contribution in [-0.4, -0.2) is 4.98 Å². The molecule has 90 valence electrons. The Morgan fingerprint density at radius 1 is 1.47 bits per heavy atom. The summed E-state index contributed by atoms with van der Waals surface area (Å²) in [5.74, 6) is 1.03. The number of nitrogens with zero attached hydrogens (tertiary/aromatic N) is 2. The minimum absolute atomic E-state index is 0.311. The number of nitrogens with two attached hydrogens (primary N) is 1. The number of aromatic nitrogens is 1. The van der Waals surface area contributed by atoms with E-state index in [2.05, 4.69) is 31.8 Å². The van der Waals surface area contributed by atoms with Crippen molar-refractivity contribution in [3.05, 3.63) is 22.9 Å². The van der Waals surface area contributed by atoms with Gasteiger partial charge in [0.2, 0.25) is 0 Å². The Balaban J connectivity index is 2.39. The molecule has 0 aromatic carbocycles. The Kier molecular flexibility index (Phi) is 2.82. The summed E-state index contributed by atoms with van der Waals surface area (Å²) in [6.45, 7) is 6.83. The second-order valence-electron chi connectivity index (χ2n) is 5.94. The first-order valence-electron chi connectivity index (χ1n) is 6.10. The smallest absolute Gasteiger partial charge is 0.141 e. The molecule has 0 bridgehead atoms. The third kappa shape index (κ3) is 2.12. The summed E-state index contributed by atoms with van der Waals surface area (Å²) in [6.07, 6.45) is 4.95. The van der Waals surface area contributed by atoms with E-state index in [1.54, 1.807) is 0 Å². The van der Waals surface area contributed by atoms with Gasteiger partial charge in [-0.25, -0.2) is 4.98 Å². The largest absolute Gasteiger partial charge is 0.383 e. The van der Waals surface area contributed by atoms with E-state index in [0.717, 1.165) is 24.8 Å². The zero-order chi connectivity index (χ0) is 12.6. The van der Waals surface area contributed by atoms with Crippen molar-refractivity contribution in [1.82, 2.24) is 4.98 Å². The molecule has 0 saturated heterocycles. The first kappa shape index (κ1) is 11.9. The summed E-state index contributed by atoms with van der Waals surface area (Å²) >= 11 is 0. The van der Waals surface area contributed by atoms with Crippen LogP contribution >= 0.6 is 0 Å². The number of hydrogen-bond acceptors (Lipinski definition) is 3. The zero-order valence-electron chi connectivity index (χ0n) is 10.7. The second-order valence-corrected chi connectivity index (χ2v) is 5.94. The summed E-state index contributed by atoms with van der Waals surface area (Å²) in [6, 6.07) is 2.19. The number of fused-ring (bicyclic) bond motifs is 1. The molecule has 3 nitrogen and oxygen atoms in total. The van der Waals surface area contributed by atoms with Gasteiger partial charge in [0.1, 0.15) is 11.9 Å². The number of hydrogen-bond donors (Lipinski definition) is 1. The van der Waals surface area contributed by atoms with E-state index in [4.69, 9.17) is 11.0 Å². The predicted octanol–water partition coefficient (Wildman–Crippen LogP) is 2.69. The number of rotatable bonds is 0. The topological polar surface area (TPSA) is 62.7 Å². The molecular weight excluding hydrogens is 210 g/mol. The van der Waals surface area contributed by atoms with Crippen LogP contribution in [0, 0.1) is 22.7 Å². The minimum atomic E-state index is 0.311. The maximum atomic E-state index is 9.13. The average molecular weight is 229 g/mol. The third-order valence-corrected chi connectivity index (χ3v) is 3.85. The minimum Gasteiger partial charge on any atom is -0.383 e. The summed E-state index contributed by atoms with van der Waals surface area (Å²) < 4.78 is 0. The van der Waals surface area contributed by atoms with E-state index in [1.807, 2.05) is 6.20 Å². The van der Waals surface area contributed by atoms with Gasteiger partial charge in [-0.1, -0.05) is 20.8 Å². The molecule has 1 aliphatic carbocycles. The van der Waals surface area contributed by atoms with E-state index < -0.39 is 0 Å². The molecule has 0 amide bonds. The van der Waals surface area contributed by atoms with Gasteiger partial charge in [-0.2, -0.15) is 5.26 Å². The van der Waals surface area contributed by atoms with Gasteiger partial charge in [0.25, 0.3) is 0 Å². The van der Waals surface area contributed by atoms with Crippen LogP contribution in [-0.2, 0) is 12.8 Å². The quantitative estimate of drug-likeness (QED) is 0.744. The second kappa shape index (κ2) is 4.03. The highest BCUT2D eigenvalue weighted by molar-refractivity contribution is 5.56. The Hall–Kier alpha value is -1.56. The Labute approximate surface area is 103 Å². The number of pyridine rings is 1. The van der Waals surface area contributed by atoms with Gasteiger partial charge < -0.3 is 5.73 Å². The zero-order valence-corrected chi connectivity index (χ0v) is 10.7. The van der Waals surface area contributed by atoms with E-state index in [1.165, 1.54) is 5.56 Å². The molecule has 0 saturated carbocycles. The lowest BCUT2D eigenvalue weighted by Gasteiger charge is -2.35. The van der Waals surface area contributed by atoms with Crippen LogP contribution in [0.2, 0.25) is 0 Å². The lowest BCUT2D eigenvalue weighted by Crippen LogP contribution is -2.27. The molecule has 0 radical (unpaired) electrons. The molecule has 1 aromatic rings. The summed E-state index contributed by atoms with van der Waals surface area (Å²) in [5, 5.41) is 9.13. The summed E-state index contributed by atoms with van der Waals surface area (Å²) in [4.78, 5) is 4.14. The lowest BCUT2D eigenvalue weighted by atomic mass is 9.70. The third-order valence-electron chi connectivity index (χ3n) is 3.85. The average Bonchev–Trinajstić information content (AvgIpc) is 2.27. The van der Waals surface area contributed by atoms with Crippen LogP contribution in [0.25, 0.3) is 0 Å². The maximum absolute atomic E-state index is 9.13. The van der Waals surface area contributed by atoms with Crippen molar-refractivity contribution in [2.45, 2.75) is 40.0 Å². The molecule has 1 aliphatic rings. The summed E-state index contributed by atoms with van der Waals surface area (Å²) in [7, 11) is 0. The molecule has 1 atom stereocenters. The van der Waals surface area contributed by atoms with Gasteiger partial charge in [-0.3, -0.25) is 0 Å². The summed E-state index contributed by atoms with van der Waals surface area (Å²) in [5.41, 5.74) is 8.98. The van der Waals surface area contributed by atoms with Crippen LogP contribution < -0.4 is 5.73 Å². The van der Waals surface area contributed by atoms with Crippen molar-refractivity contribution >= 4 is 5.82 Å². The maximum Gasteiger partial charge on any atom is 0.141 e. The van der Waals surface area contributed by atoms with Gasteiger partial charge in [-0.15, -0.1) is 0 Å². The normalized spacial score (nSPS) is 19.5. The standard InChI is InChI=1S/C14H19N3/c1-14(2,3)10-4-5-11-9(6-10)8-17-13(16)12(11)7-15/h8,10H,4-6H2,1-3H3,(H2,16,17). The van der Waals surface area contributed by atoms with Crippen molar-refractivity contribution in [3.63, 3.8) is 0 Å². The molecule has 0 fully saturated rings. The van der Waals surface area contributed by atoms with Crippen molar-refractivity contribution in [1.29, 1.82) is 5.26 Å². The SMILES string of the molecule is CC(C)(C)C1CCc2c(cnc(N)c2C#N)C1. The lowest BCUT2D eigenvalue weighted by molar-refractivity contribution is 0.216. The van der Waals surface area contributed by atoms with Crippen molar-refractivity contribution < 1.29 is 0 Å². The van der Waals surface area contributed by atoms with Crippen LogP contribution in [0.1, 0.15) is 43.9 Å². The van der Waals surface area contributed by atoms with Crippen molar-refractivity contribution in [3.8, 4) is 6.07 Å². The molecule has 2 rings (SSSR count). The highest BCUT2D eigenvalue weighted by Crippen LogP contribution is 2.38. The van der Waals surface area contributed by atoms with Crippen molar-refractivity contribution in [2.24, 2.45) is 11.3 Å². The van der Waals surface area contributed by atoms with E-state index in [0.29, 0.717) is 22.7 Å². The first-order valence-corrected chi connectivity index (χ1v) is 6.10. The van der Waals surface area contributed by atoms with E-state index >= 15 is 0 Å². The first-order chi connectivity index (χ1) is 7.93. The molecule has 2 N–H and O–H groups in total. The highest BCUT2D eigenvalue weighted by Gasteiger charge is 2.30. The van der Waals surface area contributed by atoms with Crippen LogP contribution in [0.4, 0.5) is 5.82 Å². The van der Waals surface area contributed by atoms with Crippen LogP contribution in [0.5, 0.6) is 0 Å². The Morgan fingerprint density at radius 3 is 2.76 bits per heavy atom. The van der Waals surface area contributed by atoms with E-state index in [9.17, 15) is 0 Å². The van der Waals surface area contributed by atoms with Gasteiger partial charge in [0, 0.05) is 6.20 Å². The molecule has 0 spiro atoms. The molecule has 1 heterocycles.